The van der Waals surface area contributed by atoms with Gasteiger partial charge in [-0.1, -0.05) is 0 Å². The van der Waals surface area contributed by atoms with Crippen molar-refractivity contribution in [1.82, 2.24) is 19.5 Å². The number of phosphoric acid groups is 2. The van der Waals surface area contributed by atoms with Crippen LogP contribution in [-0.2, 0) is 22.9 Å². The van der Waals surface area contributed by atoms with E-state index in [-0.39, 0.29) is 17.0 Å². The first-order valence-corrected chi connectivity index (χ1v) is 10.4. The summed E-state index contributed by atoms with van der Waals surface area (Å²) in [4.78, 5) is 47.3. The molecular weight excluding hydrogens is 428 g/mol. The Morgan fingerprint density at radius 1 is 1.07 bits per heavy atom. The monoisotopic (exact) mass is 443 g/mol. The van der Waals surface area contributed by atoms with Crippen LogP contribution < -0.4 is 5.73 Å². The van der Waals surface area contributed by atoms with E-state index in [0.29, 0.717) is 0 Å². The van der Waals surface area contributed by atoms with Crippen molar-refractivity contribution in [3.05, 3.63) is 12.7 Å². The molecule has 0 unspecified atom stereocenters. The Hall–Kier alpha value is -1.55. The molecule has 1 fully saturated rings. The Labute approximate surface area is 155 Å². The second-order valence-electron chi connectivity index (χ2n) is 5.62. The van der Waals surface area contributed by atoms with Gasteiger partial charge in [0.15, 0.2) is 17.7 Å². The number of nitrogens with zero attached hydrogens (tertiary/aromatic N) is 4. The quantitative estimate of drug-likeness (QED) is 0.181. The van der Waals surface area contributed by atoms with E-state index in [2.05, 4.69) is 24.0 Å². The summed E-state index contributed by atoms with van der Waals surface area (Å²) < 4.78 is 37.0. The number of imidazole rings is 1. The van der Waals surface area contributed by atoms with E-state index < -0.39 is 46.5 Å². The number of nitrogen functional groups attached to an aromatic ring is 1. The van der Waals surface area contributed by atoms with Gasteiger partial charge < -0.3 is 40.3 Å². The van der Waals surface area contributed by atoms with E-state index >= 15 is 0 Å². The third-order valence-corrected chi connectivity index (χ3v) is 4.65. The molecule has 0 radical (unpaired) electrons. The lowest BCUT2D eigenvalue weighted by atomic mass is 10.1. The molecule has 0 bridgehead atoms. The first-order valence-electron chi connectivity index (χ1n) is 7.30. The fourth-order valence-electron chi connectivity index (χ4n) is 2.61. The fourth-order valence-corrected chi connectivity index (χ4v) is 3.54. The maximum Gasteiger partial charge on any atom is 0.472 e. The molecule has 3 rings (SSSR count). The predicted octanol–water partition coefficient (Wildman–Crippen LogP) is -2.43. The van der Waals surface area contributed by atoms with Gasteiger partial charge in [-0.05, 0) is 0 Å². The van der Waals surface area contributed by atoms with Gasteiger partial charge in [-0.3, -0.25) is 13.6 Å². The molecule has 0 amide bonds. The number of hydrogen-bond acceptors (Lipinski definition) is 11. The van der Waals surface area contributed by atoms with Crippen molar-refractivity contribution in [3.63, 3.8) is 0 Å². The zero-order valence-corrected chi connectivity index (χ0v) is 15.3. The van der Waals surface area contributed by atoms with E-state index in [4.69, 9.17) is 30.0 Å². The Bertz CT molecular complexity index is 934. The van der Waals surface area contributed by atoms with E-state index in [1.807, 2.05) is 0 Å². The number of aliphatic hydroxyl groups excluding tert-OH is 2. The molecule has 16 nitrogen and oxygen atoms in total. The Kier molecular flexibility index (Phi) is 5.57. The first kappa shape index (κ1) is 21.2. The van der Waals surface area contributed by atoms with Crippen molar-refractivity contribution < 1.29 is 52.7 Å². The summed E-state index contributed by atoms with van der Waals surface area (Å²) in [6, 6.07) is 0. The molecule has 2 aromatic heterocycles. The minimum atomic E-state index is -5.33. The number of hydrogen-bond donors (Lipinski definition) is 7. The third kappa shape index (κ3) is 4.37. The Morgan fingerprint density at radius 3 is 2.25 bits per heavy atom. The Balaban J connectivity index is 1.94. The second-order valence-corrected chi connectivity index (χ2v) is 8.00. The van der Waals surface area contributed by atoms with E-state index in [0.717, 1.165) is 17.2 Å². The molecular formula is C10H15N5O11P2. The number of aliphatic hydroxyl groups is 2. The molecule has 18 heteroatoms. The van der Waals surface area contributed by atoms with Crippen LogP contribution in [0.15, 0.2) is 12.7 Å². The number of phosphoric ester groups is 2. The molecule has 2 aromatic rings. The normalized spacial score (nSPS) is 26.4. The molecule has 8 N–H and O–H groups in total. The lowest BCUT2D eigenvalue weighted by Crippen LogP contribution is -2.40. The molecule has 1 aliphatic rings. The van der Waals surface area contributed by atoms with Gasteiger partial charge in [-0.15, -0.1) is 0 Å². The number of nitrogens with two attached hydrogens (primary N) is 1. The van der Waals surface area contributed by atoms with Crippen molar-refractivity contribution in [3.8, 4) is 0 Å². The lowest BCUT2D eigenvalue weighted by Gasteiger charge is -2.25. The van der Waals surface area contributed by atoms with Crippen LogP contribution in [0.25, 0.3) is 11.2 Å². The molecule has 156 valence electrons. The zero-order valence-electron chi connectivity index (χ0n) is 13.5. The van der Waals surface area contributed by atoms with Gasteiger partial charge in [0.2, 0.25) is 6.29 Å². The number of rotatable bonds is 6. The summed E-state index contributed by atoms with van der Waals surface area (Å²) in [5.74, 6) is 0.0147. The van der Waals surface area contributed by atoms with Crippen LogP contribution >= 0.6 is 15.6 Å². The van der Waals surface area contributed by atoms with Crippen molar-refractivity contribution in [2.24, 2.45) is 0 Å². The van der Waals surface area contributed by atoms with E-state index in [1.54, 1.807) is 0 Å². The summed E-state index contributed by atoms with van der Waals surface area (Å²) in [5.41, 5.74) is 5.89. The van der Waals surface area contributed by atoms with Crippen molar-refractivity contribution in [2.75, 3.05) is 5.73 Å². The standard InChI is InChI=1S/C10H15N5O11P2/c11-7-3-8(13-1-12-7)15(2-14-3)9-5(17)4(16)6(24-9)10(25-27(18,19)20)26-28(21,22)23/h1-2,4-6,9-10,16-17H,(H2,11,12,13)(H2,18,19,20)(H2,21,22,23)/t4-,5+,6-,9+/m0/s1. The first-order chi connectivity index (χ1) is 12.9. The number of anilines is 1. The molecule has 0 saturated carbocycles. The van der Waals surface area contributed by atoms with Crippen molar-refractivity contribution >= 4 is 32.6 Å². The van der Waals surface area contributed by atoms with Crippen molar-refractivity contribution in [2.45, 2.75) is 30.8 Å². The summed E-state index contributed by atoms with van der Waals surface area (Å²) in [5, 5.41) is 20.5. The van der Waals surface area contributed by atoms with Crippen LogP contribution in [0.3, 0.4) is 0 Å². The van der Waals surface area contributed by atoms with Gasteiger partial charge >= 0.3 is 15.6 Å². The highest BCUT2D eigenvalue weighted by Crippen LogP contribution is 2.47. The average Bonchev–Trinajstić information content (AvgIpc) is 3.08. The van der Waals surface area contributed by atoms with Crippen LogP contribution in [-0.4, -0.2) is 73.9 Å². The van der Waals surface area contributed by atoms with Crippen LogP contribution in [0.5, 0.6) is 0 Å². The van der Waals surface area contributed by atoms with Crippen molar-refractivity contribution in [1.29, 1.82) is 0 Å². The minimum absolute atomic E-state index is 0.0147. The molecule has 4 atom stereocenters. The minimum Gasteiger partial charge on any atom is -0.387 e. The summed E-state index contributed by atoms with van der Waals surface area (Å²) in [6.45, 7) is 0. The average molecular weight is 443 g/mol. The molecule has 1 saturated heterocycles. The van der Waals surface area contributed by atoms with Gasteiger partial charge in [0, 0.05) is 0 Å². The smallest absolute Gasteiger partial charge is 0.387 e. The van der Waals surface area contributed by atoms with E-state index in [9.17, 15) is 19.3 Å². The maximum atomic E-state index is 11.1. The van der Waals surface area contributed by atoms with Gasteiger partial charge in [0.1, 0.15) is 30.2 Å². The number of aromatic nitrogens is 4. The second kappa shape index (κ2) is 7.37. The SMILES string of the molecule is Nc1ncnc2c1ncn2[C@@H]1O[C@H](C(OP(=O)(O)O)OP(=O)(O)O)[C@@H](O)[C@H]1O. The van der Waals surface area contributed by atoms with Gasteiger partial charge in [-0.25, -0.2) is 24.1 Å². The molecule has 0 aliphatic carbocycles. The van der Waals surface area contributed by atoms with Crippen LogP contribution in [0.2, 0.25) is 0 Å². The zero-order chi connectivity index (χ0) is 20.9. The third-order valence-electron chi connectivity index (χ3n) is 3.69. The van der Waals surface area contributed by atoms with Crippen LogP contribution in [0.4, 0.5) is 5.82 Å². The van der Waals surface area contributed by atoms with E-state index in [1.165, 1.54) is 0 Å². The van der Waals surface area contributed by atoms with Gasteiger partial charge in [-0.2, -0.15) is 0 Å². The molecule has 0 spiro atoms. The highest BCUT2D eigenvalue weighted by Gasteiger charge is 2.51. The predicted molar refractivity (Wildman–Crippen MR) is 85.7 cm³/mol. The molecule has 28 heavy (non-hydrogen) atoms. The van der Waals surface area contributed by atoms with Gasteiger partial charge in [0.05, 0.1) is 6.33 Å². The highest BCUT2D eigenvalue weighted by molar-refractivity contribution is 7.47. The summed E-state index contributed by atoms with van der Waals surface area (Å²) in [7, 11) is -10.7. The largest absolute Gasteiger partial charge is 0.472 e. The fraction of sp³-hybridized carbons (Fsp3) is 0.500. The van der Waals surface area contributed by atoms with Crippen LogP contribution in [0, 0.1) is 0 Å². The molecule has 3 heterocycles. The lowest BCUT2D eigenvalue weighted by molar-refractivity contribution is -0.154. The number of fused-ring (bicyclic) bond motifs is 1. The highest BCUT2D eigenvalue weighted by atomic mass is 31.2. The summed E-state index contributed by atoms with van der Waals surface area (Å²) >= 11 is 0. The number of ether oxygens (including phenoxy) is 1. The summed E-state index contributed by atoms with van der Waals surface area (Å²) in [6.07, 6.45) is -7.21. The molecule has 0 aromatic carbocycles. The molecule has 1 aliphatic heterocycles. The Morgan fingerprint density at radius 2 is 1.68 bits per heavy atom. The topological polar surface area (TPSA) is 253 Å². The van der Waals surface area contributed by atoms with Gasteiger partial charge in [0.25, 0.3) is 0 Å². The van der Waals surface area contributed by atoms with Crippen LogP contribution in [0.1, 0.15) is 6.23 Å². The maximum absolute atomic E-state index is 11.1.